The molecule has 0 bridgehead atoms. The first kappa shape index (κ1) is 36.0. The number of benzene rings is 2. The Balaban J connectivity index is 0.000000215. The first-order chi connectivity index (χ1) is 22.4. The maximum atomic E-state index is 11.8. The second-order valence-corrected chi connectivity index (χ2v) is 13.2. The van der Waals surface area contributed by atoms with Crippen molar-refractivity contribution in [1.29, 1.82) is 5.26 Å². The maximum absolute atomic E-state index is 11.8. The highest BCUT2D eigenvalue weighted by molar-refractivity contribution is 6.36. The Morgan fingerprint density at radius 1 is 0.723 bits per heavy atom. The smallest absolute Gasteiger partial charge is 0.267 e. The Morgan fingerprint density at radius 2 is 1.17 bits per heavy atom. The number of nitrogens with zero attached hydrogens (tertiary/aromatic N) is 6. The van der Waals surface area contributed by atoms with Crippen LogP contribution < -0.4 is 11.1 Å². The van der Waals surface area contributed by atoms with E-state index in [1.54, 1.807) is 24.3 Å². The molecule has 0 saturated heterocycles. The van der Waals surface area contributed by atoms with Crippen LogP contribution in [0.4, 0.5) is 0 Å². The van der Waals surface area contributed by atoms with Crippen LogP contribution in [0.15, 0.2) is 61.4 Å². The van der Waals surface area contributed by atoms with E-state index >= 15 is 0 Å². The molecule has 0 saturated carbocycles. The average molecular weight is 714 g/mol. The highest BCUT2D eigenvalue weighted by Crippen LogP contribution is 2.30. The van der Waals surface area contributed by atoms with E-state index < -0.39 is 0 Å². The summed E-state index contributed by atoms with van der Waals surface area (Å²) < 4.78 is 0. The van der Waals surface area contributed by atoms with Gasteiger partial charge in [-0.15, -0.1) is 5.10 Å². The summed E-state index contributed by atoms with van der Waals surface area (Å²) in [7, 11) is 0. The number of nitriles is 1. The van der Waals surface area contributed by atoms with Crippen molar-refractivity contribution in [3.05, 3.63) is 122 Å². The largest absolute Gasteiger partial charge is 0.268 e. The molecule has 2 aromatic carbocycles. The number of halogens is 4. The van der Waals surface area contributed by atoms with Gasteiger partial charge in [-0.05, 0) is 75.7 Å². The SMILES string of the molecule is CC(C)c1cc(Cc2c(Cl)cc(CC#N)cc2Cl)n[nH]c1=O.CC(C)c1cc(Cc2c(Cl)cc(CC3=NN=NC3)cc2Cl)n[nH]c1=O. The molecule has 0 aliphatic carbocycles. The highest BCUT2D eigenvalue weighted by atomic mass is 35.5. The Labute approximate surface area is 291 Å². The van der Waals surface area contributed by atoms with Gasteiger partial charge in [0.05, 0.1) is 29.6 Å². The van der Waals surface area contributed by atoms with Crippen LogP contribution >= 0.6 is 46.4 Å². The molecule has 244 valence electrons. The van der Waals surface area contributed by atoms with E-state index in [9.17, 15) is 9.59 Å². The monoisotopic (exact) mass is 712 g/mol. The fourth-order valence-electron chi connectivity index (χ4n) is 4.84. The minimum atomic E-state index is -0.180. The van der Waals surface area contributed by atoms with E-state index in [4.69, 9.17) is 51.7 Å². The molecule has 0 spiro atoms. The van der Waals surface area contributed by atoms with E-state index in [0.717, 1.165) is 33.7 Å². The Bertz CT molecular complexity index is 1950. The number of H-pyrrole nitrogens is 2. The van der Waals surface area contributed by atoms with Crippen LogP contribution in [0, 0.1) is 11.3 Å². The fourth-order valence-corrected chi connectivity index (χ4v) is 6.17. The van der Waals surface area contributed by atoms with Crippen LogP contribution in [-0.4, -0.2) is 32.7 Å². The molecule has 47 heavy (non-hydrogen) atoms. The molecule has 10 nitrogen and oxygen atoms in total. The molecule has 5 rings (SSSR count). The maximum Gasteiger partial charge on any atom is 0.267 e. The van der Waals surface area contributed by atoms with Crippen LogP contribution in [0.25, 0.3) is 0 Å². The van der Waals surface area contributed by atoms with Crippen LogP contribution in [0.2, 0.25) is 20.1 Å². The molecule has 4 aromatic rings. The molecule has 2 aromatic heterocycles. The summed E-state index contributed by atoms with van der Waals surface area (Å²) >= 11 is 25.4. The number of nitrogens with one attached hydrogen (secondary N) is 2. The first-order valence-electron chi connectivity index (χ1n) is 14.8. The zero-order valence-corrected chi connectivity index (χ0v) is 29.2. The zero-order valence-electron chi connectivity index (χ0n) is 26.2. The molecule has 0 amide bonds. The molecule has 0 unspecified atom stereocenters. The molecule has 1 aliphatic rings. The lowest BCUT2D eigenvalue weighted by Crippen LogP contribution is -2.17. The lowest BCUT2D eigenvalue weighted by Gasteiger charge is -2.11. The van der Waals surface area contributed by atoms with Crippen molar-refractivity contribution in [2.24, 2.45) is 15.4 Å². The molecular formula is C33H32Cl4N8O2. The normalized spacial score (nSPS) is 12.2. The lowest BCUT2D eigenvalue weighted by atomic mass is 10.0. The van der Waals surface area contributed by atoms with Crippen molar-refractivity contribution in [1.82, 2.24) is 20.4 Å². The number of hydrogen-bond acceptors (Lipinski definition) is 8. The van der Waals surface area contributed by atoms with Gasteiger partial charge in [0.2, 0.25) is 0 Å². The van der Waals surface area contributed by atoms with Crippen LogP contribution in [0.1, 0.15) is 84.3 Å². The third-order valence-electron chi connectivity index (χ3n) is 7.33. The number of aromatic amines is 2. The van der Waals surface area contributed by atoms with Gasteiger partial charge in [-0.2, -0.15) is 20.6 Å². The molecule has 1 aliphatic heterocycles. The summed E-state index contributed by atoms with van der Waals surface area (Å²) in [5.41, 5.74) is 6.57. The molecule has 14 heteroatoms. The van der Waals surface area contributed by atoms with Crippen LogP contribution in [-0.2, 0) is 25.7 Å². The molecule has 0 radical (unpaired) electrons. The minimum Gasteiger partial charge on any atom is -0.268 e. The van der Waals surface area contributed by atoms with Crippen molar-refractivity contribution in [2.75, 3.05) is 6.54 Å². The lowest BCUT2D eigenvalue weighted by molar-refractivity contribution is 0.801. The molecule has 0 fully saturated rings. The van der Waals surface area contributed by atoms with Crippen LogP contribution in [0.5, 0.6) is 0 Å². The van der Waals surface area contributed by atoms with Gasteiger partial charge in [0.25, 0.3) is 11.1 Å². The van der Waals surface area contributed by atoms with Gasteiger partial charge < -0.3 is 0 Å². The summed E-state index contributed by atoms with van der Waals surface area (Å²) in [6.45, 7) is 8.34. The van der Waals surface area contributed by atoms with E-state index in [1.165, 1.54) is 0 Å². The third kappa shape index (κ3) is 9.58. The molecule has 2 N–H and O–H groups in total. The topological polar surface area (TPSA) is 152 Å². The number of aromatic nitrogens is 4. The van der Waals surface area contributed by atoms with E-state index in [0.29, 0.717) is 62.7 Å². The zero-order chi connectivity index (χ0) is 34.2. The summed E-state index contributed by atoms with van der Waals surface area (Å²) in [6.07, 6.45) is 1.73. The summed E-state index contributed by atoms with van der Waals surface area (Å²) in [5, 5.41) is 35.5. The predicted molar refractivity (Wildman–Crippen MR) is 187 cm³/mol. The van der Waals surface area contributed by atoms with Gasteiger partial charge in [0.1, 0.15) is 6.54 Å². The third-order valence-corrected chi connectivity index (χ3v) is 8.68. The average Bonchev–Trinajstić information content (AvgIpc) is 3.52. The summed E-state index contributed by atoms with van der Waals surface area (Å²) in [5.74, 6) is 0.219. The Morgan fingerprint density at radius 3 is 1.55 bits per heavy atom. The number of hydrogen-bond donors (Lipinski definition) is 2. The standard InChI is InChI=1S/C17H17Cl2N5O.C16H15Cl2N3O/c1-9(2)13-6-11(21-23-17(13)25)7-14-15(18)4-10(5-16(14)19)3-12-8-20-24-22-12;1-9(2)12-7-11(20-21-16(12)22)8-13-14(17)5-10(3-4-19)6-15(13)18/h4-6,9H,3,7-8H2,1-2H3,(H,23,25);5-7,9H,3,8H2,1-2H3,(H,21,22). The van der Waals surface area contributed by atoms with Crippen molar-refractivity contribution in [2.45, 2.75) is 65.2 Å². The van der Waals surface area contributed by atoms with Gasteiger partial charge in [-0.3, -0.25) is 9.59 Å². The second-order valence-electron chi connectivity index (χ2n) is 11.6. The van der Waals surface area contributed by atoms with E-state index in [-0.39, 0.29) is 29.4 Å². The van der Waals surface area contributed by atoms with Gasteiger partial charge >= 0.3 is 0 Å². The quantitative estimate of drug-likeness (QED) is 0.180. The highest BCUT2D eigenvalue weighted by Gasteiger charge is 2.15. The van der Waals surface area contributed by atoms with Crippen molar-refractivity contribution >= 4 is 52.1 Å². The van der Waals surface area contributed by atoms with E-state index in [1.807, 2.05) is 39.8 Å². The fraction of sp³-hybridized carbons (Fsp3) is 0.333. The van der Waals surface area contributed by atoms with Crippen LogP contribution in [0.3, 0.4) is 0 Å². The minimum absolute atomic E-state index is 0.106. The summed E-state index contributed by atoms with van der Waals surface area (Å²) in [4.78, 5) is 23.5. The molecule has 3 heterocycles. The van der Waals surface area contributed by atoms with Crippen molar-refractivity contribution in [3.8, 4) is 6.07 Å². The Hall–Kier alpha value is -3.88. The molecule has 0 atom stereocenters. The van der Waals surface area contributed by atoms with Gasteiger partial charge in [0.15, 0.2) is 0 Å². The predicted octanol–water partition coefficient (Wildman–Crippen LogP) is 8.01. The number of rotatable bonds is 9. The van der Waals surface area contributed by atoms with Crippen molar-refractivity contribution < 1.29 is 0 Å². The van der Waals surface area contributed by atoms with Gasteiger partial charge in [-0.25, -0.2) is 10.2 Å². The Kier molecular flexibility index (Phi) is 12.5. The van der Waals surface area contributed by atoms with Crippen molar-refractivity contribution in [3.63, 3.8) is 0 Å². The van der Waals surface area contributed by atoms with E-state index in [2.05, 4.69) is 41.9 Å². The van der Waals surface area contributed by atoms with Gasteiger partial charge in [0, 0.05) is 50.5 Å². The van der Waals surface area contributed by atoms with Gasteiger partial charge in [-0.1, -0.05) is 74.1 Å². The summed E-state index contributed by atoms with van der Waals surface area (Å²) in [6, 6.07) is 12.9. The first-order valence-corrected chi connectivity index (χ1v) is 16.3. The molecular weight excluding hydrogens is 682 g/mol. The second kappa shape index (κ2) is 16.3.